The molecule has 3 rings (SSSR count). The minimum atomic E-state index is -4.07. The van der Waals surface area contributed by atoms with Gasteiger partial charge >= 0.3 is 6.09 Å². The van der Waals surface area contributed by atoms with Crippen molar-refractivity contribution in [3.63, 3.8) is 0 Å². The van der Waals surface area contributed by atoms with Crippen molar-refractivity contribution in [3.05, 3.63) is 53.6 Å². The summed E-state index contributed by atoms with van der Waals surface area (Å²) >= 11 is 0. The summed E-state index contributed by atoms with van der Waals surface area (Å²) in [6, 6.07) is 6.52. The average molecular weight is 482 g/mol. The van der Waals surface area contributed by atoms with Crippen molar-refractivity contribution < 1.29 is 31.5 Å². The molecule has 0 spiro atoms. The van der Waals surface area contributed by atoms with Crippen molar-refractivity contribution >= 4 is 33.4 Å². The summed E-state index contributed by atoms with van der Waals surface area (Å²) in [7, 11) is -4.07. The van der Waals surface area contributed by atoms with Gasteiger partial charge in [0.05, 0.1) is 5.69 Å². The summed E-state index contributed by atoms with van der Waals surface area (Å²) in [6.45, 7) is 5.55. The zero-order chi connectivity index (χ0) is 24.4. The number of sulfonamides is 1. The van der Waals surface area contributed by atoms with E-state index < -0.39 is 44.2 Å². The van der Waals surface area contributed by atoms with Gasteiger partial charge in [0, 0.05) is 24.3 Å². The normalized spacial score (nSPS) is 14.7. The molecular formula is C22H25F2N3O5S. The maximum absolute atomic E-state index is 14.3. The quantitative estimate of drug-likeness (QED) is 0.661. The van der Waals surface area contributed by atoms with Gasteiger partial charge in [-0.2, -0.15) is 4.31 Å². The monoisotopic (exact) mass is 481 g/mol. The molecular weight excluding hydrogens is 456 g/mol. The number of rotatable bonds is 5. The van der Waals surface area contributed by atoms with Crippen molar-refractivity contribution in [2.45, 2.75) is 44.1 Å². The highest BCUT2D eigenvalue weighted by molar-refractivity contribution is 7.89. The van der Waals surface area contributed by atoms with Crippen LogP contribution >= 0.6 is 0 Å². The van der Waals surface area contributed by atoms with Crippen LogP contribution in [-0.4, -0.2) is 43.4 Å². The number of amides is 2. The molecule has 0 atom stereocenters. The number of hydrogen-bond donors (Lipinski definition) is 2. The minimum Gasteiger partial charge on any atom is -0.444 e. The first-order valence-electron chi connectivity index (χ1n) is 10.3. The topological polar surface area (TPSA) is 105 Å². The molecule has 0 aromatic heterocycles. The molecule has 2 aromatic carbocycles. The number of carbonyl (C=O) groups excluding carboxylic acids is 2. The highest BCUT2D eigenvalue weighted by atomic mass is 32.2. The van der Waals surface area contributed by atoms with Crippen molar-refractivity contribution in [1.29, 1.82) is 0 Å². The van der Waals surface area contributed by atoms with Gasteiger partial charge < -0.3 is 10.1 Å². The van der Waals surface area contributed by atoms with Crippen LogP contribution in [0.1, 0.15) is 44.0 Å². The molecule has 0 saturated carbocycles. The summed E-state index contributed by atoms with van der Waals surface area (Å²) in [5.74, 6) is -2.44. The first kappa shape index (κ1) is 24.6. The lowest BCUT2D eigenvalue weighted by molar-refractivity contribution is 0.0635. The number of anilines is 2. The predicted molar refractivity (Wildman–Crippen MR) is 119 cm³/mol. The smallest absolute Gasteiger partial charge is 0.412 e. The molecule has 0 bridgehead atoms. The lowest BCUT2D eigenvalue weighted by Gasteiger charge is -2.20. The Morgan fingerprint density at radius 3 is 2.24 bits per heavy atom. The van der Waals surface area contributed by atoms with Crippen molar-refractivity contribution in [1.82, 2.24) is 4.31 Å². The van der Waals surface area contributed by atoms with Crippen LogP contribution in [0.3, 0.4) is 0 Å². The van der Waals surface area contributed by atoms with Crippen LogP contribution in [0.25, 0.3) is 0 Å². The van der Waals surface area contributed by atoms with Crippen LogP contribution in [0.4, 0.5) is 25.0 Å². The zero-order valence-corrected chi connectivity index (χ0v) is 19.3. The van der Waals surface area contributed by atoms with Gasteiger partial charge in [-0.05, 0) is 70.0 Å². The van der Waals surface area contributed by atoms with E-state index in [4.69, 9.17) is 4.74 Å². The SMILES string of the molecule is CC(C)(C)OC(=O)Nc1cc(NC(=O)c2ccc(F)c(S(=O)(=O)N3CCCC3)c2)ccc1F. The summed E-state index contributed by atoms with van der Waals surface area (Å²) in [4.78, 5) is 24.0. The maximum Gasteiger partial charge on any atom is 0.412 e. The Morgan fingerprint density at radius 1 is 0.970 bits per heavy atom. The summed E-state index contributed by atoms with van der Waals surface area (Å²) in [6.07, 6.45) is 0.497. The molecule has 1 aliphatic heterocycles. The van der Waals surface area contributed by atoms with Gasteiger partial charge in [-0.15, -0.1) is 0 Å². The van der Waals surface area contributed by atoms with Gasteiger partial charge in [0.2, 0.25) is 10.0 Å². The van der Waals surface area contributed by atoms with Gasteiger partial charge in [0.1, 0.15) is 22.1 Å². The van der Waals surface area contributed by atoms with E-state index in [0.717, 1.165) is 24.3 Å². The lowest BCUT2D eigenvalue weighted by atomic mass is 10.2. The molecule has 2 aromatic rings. The highest BCUT2D eigenvalue weighted by Crippen LogP contribution is 2.25. The van der Waals surface area contributed by atoms with Crippen LogP contribution in [0.2, 0.25) is 0 Å². The lowest BCUT2D eigenvalue weighted by Crippen LogP contribution is -2.29. The van der Waals surface area contributed by atoms with Gasteiger partial charge in [0.25, 0.3) is 5.91 Å². The third-order valence-electron chi connectivity index (χ3n) is 4.74. The Labute approximate surface area is 191 Å². The standard InChI is InChI=1S/C22H25F2N3O5S/c1-22(2,3)32-21(29)26-18-13-15(7-9-16(18)23)25-20(28)14-6-8-17(24)19(12-14)33(30,31)27-10-4-5-11-27/h6-9,12-13H,4-5,10-11H2,1-3H3,(H,25,28)(H,26,29). The van der Waals surface area contributed by atoms with E-state index in [9.17, 15) is 26.8 Å². The Kier molecular flexibility index (Phi) is 7.03. The largest absolute Gasteiger partial charge is 0.444 e. The van der Waals surface area contributed by atoms with Crippen molar-refractivity contribution in [3.8, 4) is 0 Å². The van der Waals surface area contributed by atoms with Crippen LogP contribution < -0.4 is 10.6 Å². The zero-order valence-electron chi connectivity index (χ0n) is 18.4. The summed E-state index contributed by atoms with van der Waals surface area (Å²) < 4.78 is 60.2. The number of nitrogens with zero attached hydrogens (tertiary/aromatic N) is 1. The molecule has 8 nitrogen and oxygen atoms in total. The number of carbonyl (C=O) groups is 2. The first-order valence-corrected chi connectivity index (χ1v) is 11.7. The van der Waals surface area contributed by atoms with E-state index in [2.05, 4.69) is 10.6 Å². The summed E-state index contributed by atoms with van der Waals surface area (Å²) in [5, 5.41) is 4.75. The van der Waals surface area contributed by atoms with Gasteiger partial charge in [0.15, 0.2) is 0 Å². The van der Waals surface area contributed by atoms with E-state index in [1.165, 1.54) is 16.4 Å². The molecule has 33 heavy (non-hydrogen) atoms. The molecule has 11 heteroatoms. The third-order valence-corrected chi connectivity index (χ3v) is 6.65. The Hall–Kier alpha value is -3.05. The molecule has 1 fully saturated rings. The van der Waals surface area contributed by atoms with E-state index >= 15 is 0 Å². The van der Waals surface area contributed by atoms with Gasteiger partial charge in [-0.1, -0.05) is 0 Å². The van der Waals surface area contributed by atoms with E-state index in [1.807, 2.05) is 0 Å². The highest BCUT2D eigenvalue weighted by Gasteiger charge is 2.30. The van der Waals surface area contributed by atoms with Crippen LogP contribution in [0, 0.1) is 11.6 Å². The Morgan fingerprint density at radius 2 is 1.61 bits per heavy atom. The number of ether oxygens (including phenoxy) is 1. The third kappa shape index (κ3) is 6.05. The molecule has 1 aliphatic rings. The molecule has 0 radical (unpaired) electrons. The number of benzene rings is 2. The fourth-order valence-corrected chi connectivity index (χ4v) is 4.83. The molecule has 178 valence electrons. The van der Waals surface area contributed by atoms with E-state index in [-0.39, 0.29) is 16.9 Å². The number of hydrogen-bond acceptors (Lipinski definition) is 5. The number of nitrogens with one attached hydrogen (secondary N) is 2. The van der Waals surface area contributed by atoms with Crippen LogP contribution in [-0.2, 0) is 14.8 Å². The fraction of sp³-hybridized carbons (Fsp3) is 0.364. The Bertz CT molecular complexity index is 1170. The second-order valence-corrected chi connectivity index (χ2v) is 10.4. The molecule has 2 amide bonds. The Balaban J connectivity index is 1.80. The molecule has 1 heterocycles. The van der Waals surface area contributed by atoms with Crippen LogP contribution in [0.15, 0.2) is 41.3 Å². The molecule has 0 unspecified atom stereocenters. The second kappa shape index (κ2) is 9.44. The van der Waals surface area contributed by atoms with Gasteiger partial charge in [-0.3, -0.25) is 10.1 Å². The van der Waals surface area contributed by atoms with Gasteiger partial charge in [-0.25, -0.2) is 22.0 Å². The van der Waals surface area contributed by atoms with E-state index in [1.54, 1.807) is 20.8 Å². The minimum absolute atomic E-state index is 0.0971. The molecule has 2 N–H and O–H groups in total. The average Bonchev–Trinajstić information content (AvgIpc) is 3.25. The second-order valence-electron chi connectivity index (χ2n) is 8.53. The fourth-order valence-electron chi connectivity index (χ4n) is 3.23. The predicted octanol–water partition coefficient (Wildman–Crippen LogP) is 4.35. The maximum atomic E-state index is 14.3. The molecule has 0 aliphatic carbocycles. The summed E-state index contributed by atoms with van der Waals surface area (Å²) in [5.41, 5.74) is -0.985. The molecule has 1 saturated heterocycles. The van der Waals surface area contributed by atoms with E-state index in [0.29, 0.717) is 25.9 Å². The van der Waals surface area contributed by atoms with Crippen molar-refractivity contribution in [2.24, 2.45) is 0 Å². The number of halogens is 2. The van der Waals surface area contributed by atoms with Crippen molar-refractivity contribution in [2.75, 3.05) is 23.7 Å². The first-order chi connectivity index (χ1) is 15.4. The van der Waals surface area contributed by atoms with Crippen LogP contribution in [0.5, 0.6) is 0 Å².